The summed E-state index contributed by atoms with van der Waals surface area (Å²) in [6.07, 6.45) is 2.65. The Bertz CT molecular complexity index is 541. The van der Waals surface area contributed by atoms with Crippen molar-refractivity contribution in [3.05, 3.63) is 23.2 Å². The molecule has 0 spiro atoms. The van der Waals surface area contributed by atoms with E-state index in [4.69, 9.17) is 17.3 Å². The second-order valence-electron chi connectivity index (χ2n) is 4.53. The lowest BCUT2D eigenvalue weighted by Crippen LogP contribution is -2.34. The average molecular weight is 289 g/mol. The summed E-state index contributed by atoms with van der Waals surface area (Å²) in [5, 5.41) is 0.384. The number of hydrogen-bond donors (Lipinski definition) is 1. The highest BCUT2D eigenvalue weighted by Gasteiger charge is 2.38. The van der Waals surface area contributed by atoms with E-state index in [-0.39, 0.29) is 16.6 Å². The zero-order valence-electron chi connectivity index (χ0n) is 10.3. The van der Waals surface area contributed by atoms with Crippen LogP contribution in [0.4, 0.5) is 5.69 Å². The van der Waals surface area contributed by atoms with Crippen molar-refractivity contribution in [3.63, 3.8) is 0 Å². The summed E-state index contributed by atoms with van der Waals surface area (Å²) < 4.78 is 26.7. The zero-order chi connectivity index (χ0) is 13.3. The van der Waals surface area contributed by atoms with Gasteiger partial charge < -0.3 is 5.73 Å². The molecule has 0 atom stereocenters. The Balaban J connectivity index is 2.42. The summed E-state index contributed by atoms with van der Waals surface area (Å²) in [6.45, 7) is 2.49. The molecule has 1 aromatic carbocycles. The molecule has 1 aliphatic carbocycles. The van der Waals surface area contributed by atoms with Crippen LogP contribution in [0.15, 0.2) is 23.1 Å². The van der Waals surface area contributed by atoms with Crippen molar-refractivity contribution in [2.24, 2.45) is 0 Å². The third-order valence-electron chi connectivity index (χ3n) is 2.96. The van der Waals surface area contributed by atoms with Crippen LogP contribution in [0.25, 0.3) is 0 Å². The number of sulfonamides is 1. The summed E-state index contributed by atoms with van der Waals surface area (Å²) in [5.41, 5.74) is 6.02. The molecule has 1 aliphatic rings. The molecule has 4 nitrogen and oxygen atoms in total. The summed E-state index contributed by atoms with van der Waals surface area (Å²) in [7, 11) is -3.53. The molecule has 6 heteroatoms. The van der Waals surface area contributed by atoms with Gasteiger partial charge in [0.1, 0.15) is 4.90 Å². The van der Waals surface area contributed by atoms with Gasteiger partial charge in [0, 0.05) is 17.6 Å². The highest BCUT2D eigenvalue weighted by atomic mass is 35.5. The summed E-state index contributed by atoms with van der Waals surface area (Å²) in [4.78, 5) is 0.121. The van der Waals surface area contributed by atoms with Crippen LogP contribution in [-0.4, -0.2) is 25.3 Å². The standard InChI is InChI=1S/C12H17ClN2O2S/c1-2-7-15(10-4-5-10)18(16,17)12-8-9(13)3-6-11(12)14/h3,6,8,10H,2,4-5,7,14H2,1H3. The van der Waals surface area contributed by atoms with Gasteiger partial charge in [-0.1, -0.05) is 18.5 Å². The number of hydrogen-bond acceptors (Lipinski definition) is 3. The third-order valence-corrected chi connectivity index (χ3v) is 5.20. The predicted octanol–water partition coefficient (Wildman–Crippen LogP) is 2.49. The molecule has 18 heavy (non-hydrogen) atoms. The van der Waals surface area contributed by atoms with Gasteiger partial charge in [0.25, 0.3) is 0 Å². The van der Waals surface area contributed by atoms with Gasteiger partial charge in [-0.05, 0) is 37.5 Å². The number of nitrogen functional groups attached to an aromatic ring is 1. The summed E-state index contributed by atoms with van der Waals surface area (Å²) in [5.74, 6) is 0. The van der Waals surface area contributed by atoms with Crippen molar-refractivity contribution in [2.45, 2.75) is 37.1 Å². The van der Waals surface area contributed by atoms with Gasteiger partial charge >= 0.3 is 0 Å². The molecule has 0 radical (unpaired) electrons. The van der Waals surface area contributed by atoms with E-state index in [0.29, 0.717) is 11.6 Å². The molecule has 0 aromatic heterocycles. The second-order valence-corrected chi connectivity index (χ2v) is 6.82. The molecule has 0 amide bonds. The van der Waals surface area contributed by atoms with Crippen LogP contribution in [0.1, 0.15) is 26.2 Å². The van der Waals surface area contributed by atoms with Crippen LogP contribution in [-0.2, 0) is 10.0 Å². The topological polar surface area (TPSA) is 63.4 Å². The van der Waals surface area contributed by atoms with E-state index in [1.807, 2.05) is 6.92 Å². The fourth-order valence-corrected chi connectivity index (χ4v) is 4.10. The van der Waals surface area contributed by atoms with Crippen molar-refractivity contribution < 1.29 is 8.42 Å². The Morgan fingerprint density at radius 1 is 1.44 bits per heavy atom. The third kappa shape index (κ3) is 2.63. The van der Waals surface area contributed by atoms with Gasteiger partial charge in [-0.2, -0.15) is 4.31 Å². The first kappa shape index (κ1) is 13.6. The van der Waals surface area contributed by atoms with Crippen molar-refractivity contribution in [3.8, 4) is 0 Å². The SMILES string of the molecule is CCCN(C1CC1)S(=O)(=O)c1cc(Cl)ccc1N. The molecule has 0 aliphatic heterocycles. The molecule has 100 valence electrons. The largest absolute Gasteiger partial charge is 0.398 e. The molecule has 0 saturated heterocycles. The lowest BCUT2D eigenvalue weighted by atomic mass is 10.3. The van der Waals surface area contributed by atoms with Gasteiger partial charge in [-0.15, -0.1) is 0 Å². The Hall–Kier alpha value is -0.780. The Labute approximate surface area is 113 Å². The summed E-state index contributed by atoms with van der Waals surface area (Å²) in [6, 6.07) is 4.69. The van der Waals surface area contributed by atoms with Crippen molar-refractivity contribution in [2.75, 3.05) is 12.3 Å². The first-order chi connectivity index (χ1) is 8.46. The fourth-order valence-electron chi connectivity index (χ4n) is 1.94. The van der Waals surface area contributed by atoms with Crippen LogP contribution >= 0.6 is 11.6 Å². The van der Waals surface area contributed by atoms with Crippen molar-refractivity contribution in [1.82, 2.24) is 4.31 Å². The van der Waals surface area contributed by atoms with E-state index in [1.54, 1.807) is 10.4 Å². The Kier molecular flexibility index (Phi) is 3.84. The number of nitrogens with zero attached hydrogens (tertiary/aromatic N) is 1. The number of anilines is 1. The number of rotatable bonds is 5. The fraction of sp³-hybridized carbons (Fsp3) is 0.500. The van der Waals surface area contributed by atoms with Crippen molar-refractivity contribution in [1.29, 1.82) is 0 Å². The highest BCUT2D eigenvalue weighted by molar-refractivity contribution is 7.89. The van der Waals surface area contributed by atoms with E-state index in [2.05, 4.69) is 0 Å². The Morgan fingerprint density at radius 3 is 2.67 bits per heavy atom. The maximum atomic E-state index is 12.6. The minimum atomic E-state index is -3.53. The molecule has 0 unspecified atom stereocenters. The maximum absolute atomic E-state index is 12.6. The van der Waals surface area contributed by atoms with Gasteiger partial charge in [-0.3, -0.25) is 0 Å². The van der Waals surface area contributed by atoms with Gasteiger partial charge in [0.05, 0.1) is 5.69 Å². The number of nitrogens with two attached hydrogens (primary N) is 1. The van der Waals surface area contributed by atoms with Crippen LogP contribution in [0.2, 0.25) is 5.02 Å². The lowest BCUT2D eigenvalue weighted by molar-refractivity contribution is 0.403. The minimum Gasteiger partial charge on any atom is -0.398 e. The van der Waals surface area contributed by atoms with E-state index in [0.717, 1.165) is 19.3 Å². The molecule has 0 bridgehead atoms. The minimum absolute atomic E-state index is 0.121. The molecule has 1 fully saturated rings. The monoisotopic (exact) mass is 288 g/mol. The smallest absolute Gasteiger partial charge is 0.245 e. The first-order valence-electron chi connectivity index (χ1n) is 6.03. The average Bonchev–Trinajstić information content (AvgIpc) is 3.13. The molecule has 1 saturated carbocycles. The highest BCUT2D eigenvalue weighted by Crippen LogP contribution is 2.34. The molecule has 1 aromatic rings. The molecular formula is C12H17ClN2O2S. The van der Waals surface area contributed by atoms with Gasteiger partial charge in [-0.25, -0.2) is 8.42 Å². The van der Waals surface area contributed by atoms with E-state index in [9.17, 15) is 8.42 Å². The van der Waals surface area contributed by atoms with Gasteiger partial charge in [0.15, 0.2) is 0 Å². The zero-order valence-corrected chi connectivity index (χ0v) is 11.8. The second kappa shape index (κ2) is 5.07. The lowest BCUT2D eigenvalue weighted by Gasteiger charge is -2.22. The van der Waals surface area contributed by atoms with Crippen LogP contribution in [0.3, 0.4) is 0 Å². The quantitative estimate of drug-likeness (QED) is 0.847. The van der Waals surface area contributed by atoms with Crippen LogP contribution < -0.4 is 5.73 Å². The van der Waals surface area contributed by atoms with Crippen molar-refractivity contribution >= 4 is 27.3 Å². The maximum Gasteiger partial charge on any atom is 0.245 e. The van der Waals surface area contributed by atoms with E-state index < -0.39 is 10.0 Å². The van der Waals surface area contributed by atoms with Crippen LogP contribution in [0.5, 0.6) is 0 Å². The van der Waals surface area contributed by atoms with E-state index >= 15 is 0 Å². The van der Waals surface area contributed by atoms with Gasteiger partial charge in [0.2, 0.25) is 10.0 Å². The predicted molar refractivity (Wildman–Crippen MR) is 73.1 cm³/mol. The van der Waals surface area contributed by atoms with E-state index in [1.165, 1.54) is 12.1 Å². The molecular weight excluding hydrogens is 272 g/mol. The summed E-state index contributed by atoms with van der Waals surface area (Å²) >= 11 is 5.86. The van der Waals surface area contributed by atoms with Crippen LogP contribution in [0, 0.1) is 0 Å². The molecule has 0 heterocycles. The first-order valence-corrected chi connectivity index (χ1v) is 7.85. The Morgan fingerprint density at radius 2 is 2.11 bits per heavy atom. The normalized spacial score (nSPS) is 16.2. The molecule has 2 N–H and O–H groups in total. The number of benzene rings is 1. The number of halogens is 1. The molecule has 2 rings (SSSR count).